The predicted octanol–water partition coefficient (Wildman–Crippen LogP) is 16.4. The Kier molecular flexibility index (Phi) is 12.9. The smallest absolute Gasteiger partial charge is 0.168 e. The van der Waals surface area contributed by atoms with Crippen molar-refractivity contribution in [3.63, 3.8) is 0 Å². The van der Waals surface area contributed by atoms with Gasteiger partial charge in [-0.05, 0) is 147 Å². The van der Waals surface area contributed by atoms with Crippen LogP contribution in [0.2, 0.25) is 0 Å². The first-order valence-electron chi connectivity index (χ1n) is 23.9. The molecule has 6 heteroatoms. The van der Waals surface area contributed by atoms with Crippen LogP contribution in [0, 0.1) is 41.5 Å². The van der Waals surface area contributed by atoms with E-state index in [4.69, 9.17) is 14.7 Å². The second-order valence-corrected chi connectivity index (χ2v) is 18.4. The fraction of sp³-hybridized carbons (Fsp3) is 0.267. The number of aryl methyl sites for hydroxylation is 6. The standard InChI is InChI=1S/C60H62N4O2/c1-8-9-10-11-12-13-14-18-30-66-60-51-29-27-48(63-51)57(54-41(6)33-38(3)34-42(54)7)47-26-28-50(62-47)59(65)49-25-24-46(61-49)36-52-55(56(58(60)64-52)43-20-16-15-17-21-43)45-23-19-22-44(35-45)53-39(4)31-37(2)32-40(53)5/h15-17,19-29,31-36,62,64-65H,8-14,18,30H2,1-7H3. The summed E-state index contributed by atoms with van der Waals surface area (Å²) in [6.45, 7) is 15.9. The number of nitrogens with one attached hydrogen (secondary N) is 2. The summed E-state index contributed by atoms with van der Waals surface area (Å²) in [5.74, 6) is 0.795. The zero-order valence-corrected chi connectivity index (χ0v) is 39.7. The maximum absolute atomic E-state index is 11.8. The monoisotopic (exact) mass is 870 g/mol. The van der Waals surface area contributed by atoms with Crippen LogP contribution in [0.4, 0.5) is 0 Å². The third kappa shape index (κ3) is 9.02. The number of hydrogen-bond acceptors (Lipinski definition) is 4. The molecule has 0 fully saturated rings. The molecule has 5 heterocycles. The Morgan fingerprint density at radius 3 is 1.76 bits per heavy atom. The lowest BCUT2D eigenvalue weighted by Crippen LogP contribution is -2.00. The van der Waals surface area contributed by atoms with E-state index in [9.17, 15) is 5.11 Å². The summed E-state index contributed by atoms with van der Waals surface area (Å²) in [6.07, 6.45) is 17.8. The first-order valence-corrected chi connectivity index (χ1v) is 23.9. The average molecular weight is 871 g/mol. The highest BCUT2D eigenvalue weighted by Gasteiger charge is 2.24. The number of ether oxygens (including phenoxy) is 1. The third-order valence-corrected chi connectivity index (χ3v) is 13.1. The van der Waals surface area contributed by atoms with Gasteiger partial charge in [-0.15, -0.1) is 0 Å². The number of nitrogens with zero attached hydrogens (tertiary/aromatic N) is 2. The van der Waals surface area contributed by atoms with Gasteiger partial charge in [0.05, 0.1) is 29.0 Å². The molecule has 0 amide bonds. The number of aromatic nitrogens is 4. The van der Waals surface area contributed by atoms with Crippen molar-refractivity contribution in [3.8, 4) is 56.0 Å². The highest BCUT2D eigenvalue weighted by molar-refractivity contribution is 6.06. The topological polar surface area (TPSA) is 86.8 Å². The fourth-order valence-corrected chi connectivity index (χ4v) is 10.3. The quantitative estimate of drug-likeness (QED) is 0.0950. The molecule has 9 rings (SSSR count). The molecule has 0 atom stereocenters. The summed E-state index contributed by atoms with van der Waals surface area (Å²) in [4.78, 5) is 18.1. The van der Waals surface area contributed by atoms with Crippen LogP contribution in [0.5, 0.6) is 11.5 Å². The van der Waals surface area contributed by atoms with Crippen molar-refractivity contribution in [2.75, 3.05) is 6.61 Å². The molecule has 4 aromatic carbocycles. The Morgan fingerprint density at radius 1 is 0.470 bits per heavy atom. The second-order valence-electron chi connectivity index (χ2n) is 18.4. The van der Waals surface area contributed by atoms with Gasteiger partial charge in [-0.25, -0.2) is 9.97 Å². The molecule has 2 aliphatic rings. The van der Waals surface area contributed by atoms with E-state index >= 15 is 0 Å². The van der Waals surface area contributed by atoms with E-state index in [2.05, 4.69) is 156 Å². The van der Waals surface area contributed by atoms with Crippen molar-refractivity contribution in [1.82, 2.24) is 19.9 Å². The number of benzene rings is 4. The predicted molar refractivity (Wildman–Crippen MR) is 279 cm³/mol. The molecular formula is C60H62N4O2. The van der Waals surface area contributed by atoms with Gasteiger partial charge < -0.3 is 19.8 Å². The Labute approximate surface area is 390 Å². The maximum Gasteiger partial charge on any atom is 0.168 e. The number of rotatable bonds is 14. The van der Waals surface area contributed by atoms with E-state index in [0.29, 0.717) is 23.6 Å². The molecule has 0 radical (unpaired) electrons. The van der Waals surface area contributed by atoms with Crippen molar-refractivity contribution in [3.05, 3.63) is 153 Å². The number of aromatic amines is 2. The number of hydrogen-bond donors (Lipinski definition) is 3. The van der Waals surface area contributed by atoms with Crippen molar-refractivity contribution >= 4 is 46.4 Å². The molecule has 0 saturated heterocycles. The van der Waals surface area contributed by atoms with Gasteiger partial charge in [-0.1, -0.05) is 136 Å². The Bertz CT molecular complexity index is 3140. The van der Waals surface area contributed by atoms with Gasteiger partial charge in [0.2, 0.25) is 0 Å². The third-order valence-electron chi connectivity index (χ3n) is 13.1. The molecule has 66 heavy (non-hydrogen) atoms. The summed E-state index contributed by atoms with van der Waals surface area (Å²) in [5.41, 5.74) is 21.9. The first-order chi connectivity index (χ1) is 32.1. The van der Waals surface area contributed by atoms with Crippen LogP contribution < -0.4 is 4.74 Å². The van der Waals surface area contributed by atoms with E-state index in [1.54, 1.807) is 0 Å². The lowest BCUT2D eigenvalue weighted by Gasteiger charge is -2.14. The van der Waals surface area contributed by atoms with Crippen LogP contribution in [0.25, 0.3) is 90.9 Å². The summed E-state index contributed by atoms with van der Waals surface area (Å²) < 4.78 is 7.13. The average Bonchev–Trinajstić information content (AvgIpc) is 4.13. The molecule has 334 valence electrons. The molecule has 3 aromatic heterocycles. The fourth-order valence-electron chi connectivity index (χ4n) is 10.3. The first kappa shape index (κ1) is 44.3. The van der Waals surface area contributed by atoms with Gasteiger partial charge >= 0.3 is 0 Å². The van der Waals surface area contributed by atoms with E-state index in [1.165, 1.54) is 66.3 Å². The van der Waals surface area contributed by atoms with Crippen molar-refractivity contribution in [2.45, 2.75) is 99.8 Å². The van der Waals surface area contributed by atoms with Crippen LogP contribution >= 0.6 is 0 Å². The van der Waals surface area contributed by atoms with E-state index in [1.807, 2.05) is 24.3 Å². The number of fused-ring (bicyclic) bond motifs is 8. The van der Waals surface area contributed by atoms with Crippen LogP contribution in [0.3, 0.4) is 0 Å². The molecule has 7 aromatic rings. The molecule has 3 N–H and O–H groups in total. The highest BCUT2D eigenvalue weighted by atomic mass is 16.5. The zero-order chi connectivity index (χ0) is 45.9. The molecule has 0 unspecified atom stereocenters. The lowest BCUT2D eigenvalue weighted by atomic mass is 9.90. The number of H-pyrrole nitrogens is 2. The van der Waals surface area contributed by atoms with E-state index in [0.717, 1.165) is 96.5 Å². The normalized spacial score (nSPS) is 12.0. The van der Waals surface area contributed by atoms with Gasteiger partial charge in [0.25, 0.3) is 0 Å². The number of aromatic hydroxyl groups is 1. The van der Waals surface area contributed by atoms with Crippen molar-refractivity contribution < 1.29 is 9.84 Å². The maximum atomic E-state index is 11.8. The molecule has 0 spiro atoms. The Hall–Kier alpha value is -6.92. The molecule has 0 saturated carbocycles. The second kappa shape index (κ2) is 19.3. The molecular weight excluding hydrogens is 809 g/mol. The van der Waals surface area contributed by atoms with Gasteiger partial charge in [-0.2, -0.15) is 0 Å². The minimum absolute atomic E-state index is 0.0831. The van der Waals surface area contributed by atoms with Crippen molar-refractivity contribution in [1.29, 1.82) is 0 Å². The zero-order valence-electron chi connectivity index (χ0n) is 39.7. The van der Waals surface area contributed by atoms with Crippen molar-refractivity contribution in [2.24, 2.45) is 0 Å². The van der Waals surface area contributed by atoms with Crippen LogP contribution in [0.15, 0.2) is 97.1 Å². The lowest BCUT2D eigenvalue weighted by molar-refractivity contribution is 0.305. The van der Waals surface area contributed by atoms with Crippen LogP contribution in [-0.2, 0) is 0 Å². The van der Waals surface area contributed by atoms with Crippen LogP contribution in [0.1, 0.15) is 114 Å². The SMILES string of the molecule is CCCCCCCCCCOc1c2nc(c(-c3c(C)cc(C)cc3C)c3ccc([nH]3)c(O)c3nc(cc4[nH]c1c(-c1ccccc1)c4-c1cccc(-c4c(C)cc(C)cc4C)c1)C=C3)C=C2. The largest absolute Gasteiger partial charge is 0.504 e. The summed E-state index contributed by atoms with van der Waals surface area (Å²) in [5, 5.41) is 11.8. The molecule has 2 aliphatic heterocycles. The minimum atomic E-state index is 0.0831. The molecule has 6 nitrogen and oxygen atoms in total. The molecule has 8 bridgehead atoms. The van der Waals surface area contributed by atoms with Gasteiger partial charge in [0.1, 0.15) is 11.4 Å². The minimum Gasteiger partial charge on any atom is -0.504 e. The van der Waals surface area contributed by atoms with Gasteiger partial charge in [-0.3, -0.25) is 0 Å². The van der Waals surface area contributed by atoms with Gasteiger partial charge in [0.15, 0.2) is 11.5 Å². The highest BCUT2D eigenvalue weighted by Crippen LogP contribution is 2.46. The van der Waals surface area contributed by atoms with Crippen LogP contribution in [-0.4, -0.2) is 31.6 Å². The van der Waals surface area contributed by atoms with Gasteiger partial charge in [0, 0.05) is 27.7 Å². The van der Waals surface area contributed by atoms with E-state index < -0.39 is 0 Å². The summed E-state index contributed by atoms with van der Waals surface area (Å²) in [6, 6.07) is 34.6. The number of unbranched alkanes of at least 4 members (excludes halogenated alkanes) is 7. The Morgan fingerprint density at radius 2 is 1.06 bits per heavy atom. The summed E-state index contributed by atoms with van der Waals surface area (Å²) >= 11 is 0. The molecule has 0 aliphatic carbocycles. The Balaban J connectivity index is 1.36. The van der Waals surface area contributed by atoms with E-state index in [-0.39, 0.29) is 5.75 Å². The summed E-state index contributed by atoms with van der Waals surface area (Å²) in [7, 11) is 0.